The SMILES string of the molecule is CC(C)C1CCCCC2N=C(C(C)(C)C)NC2C1. The van der Waals surface area contributed by atoms with Crippen molar-refractivity contribution in [1.29, 1.82) is 0 Å². The molecule has 18 heavy (non-hydrogen) atoms. The maximum Gasteiger partial charge on any atom is 0.102 e. The monoisotopic (exact) mass is 250 g/mol. The van der Waals surface area contributed by atoms with Crippen LogP contribution in [0, 0.1) is 17.3 Å². The van der Waals surface area contributed by atoms with Crippen LogP contribution >= 0.6 is 0 Å². The lowest BCUT2D eigenvalue weighted by atomic mass is 9.80. The zero-order chi connectivity index (χ0) is 13.3. The third kappa shape index (κ3) is 3.07. The van der Waals surface area contributed by atoms with Crippen molar-refractivity contribution in [2.75, 3.05) is 0 Å². The number of amidine groups is 1. The minimum Gasteiger partial charge on any atom is -0.368 e. The number of aliphatic imine (C=N–C) groups is 1. The largest absolute Gasteiger partial charge is 0.368 e. The van der Waals surface area contributed by atoms with E-state index in [-0.39, 0.29) is 5.41 Å². The molecular weight excluding hydrogens is 220 g/mol. The van der Waals surface area contributed by atoms with Crippen LogP contribution in [0.4, 0.5) is 0 Å². The zero-order valence-electron chi connectivity index (χ0n) is 12.8. The maximum atomic E-state index is 4.98. The molecule has 0 aromatic rings. The molecule has 0 amide bonds. The Morgan fingerprint density at radius 3 is 2.44 bits per heavy atom. The molecule has 1 heterocycles. The molecule has 1 saturated carbocycles. The molecule has 0 aromatic carbocycles. The van der Waals surface area contributed by atoms with Gasteiger partial charge in [-0.25, -0.2) is 0 Å². The number of fused-ring (bicyclic) bond motifs is 1. The van der Waals surface area contributed by atoms with E-state index in [1.54, 1.807) is 0 Å². The molecule has 0 spiro atoms. The third-order valence-electron chi connectivity index (χ3n) is 4.62. The molecule has 2 nitrogen and oxygen atoms in total. The van der Waals surface area contributed by atoms with Gasteiger partial charge in [0.1, 0.15) is 5.84 Å². The van der Waals surface area contributed by atoms with Gasteiger partial charge in [0, 0.05) is 11.5 Å². The van der Waals surface area contributed by atoms with Crippen LogP contribution in [-0.2, 0) is 0 Å². The first-order valence-electron chi connectivity index (χ1n) is 7.72. The average molecular weight is 250 g/mol. The van der Waals surface area contributed by atoms with Crippen LogP contribution < -0.4 is 5.32 Å². The van der Waals surface area contributed by atoms with E-state index in [4.69, 9.17) is 4.99 Å². The van der Waals surface area contributed by atoms with E-state index in [9.17, 15) is 0 Å². The van der Waals surface area contributed by atoms with Crippen LogP contribution in [0.25, 0.3) is 0 Å². The second kappa shape index (κ2) is 5.22. The van der Waals surface area contributed by atoms with Gasteiger partial charge in [-0.15, -0.1) is 0 Å². The summed E-state index contributed by atoms with van der Waals surface area (Å²) in [7, 11) is 0. The van der Waals surface area contributed by atoms with Gasteiger partial charge < -0.3 is 5.32 Å². The molecule has 0 saturated heterocycles. The van der Waals surface area contributed by atoms with Gasteiger partial charge in [0.05, 0.1) is 6.04 Å². The maximum absolute atomic E-state index is 4.98. The van der Waals surface area contributed by atoms with Crippen molar-refractivity contribution < 1.29 is 0 Å². The Morgan fingerprint density at radius 2 is 1.83 bits per heavy atom. The fourth-order valence-corrected chi connectivity index (χ4v) is 3.27. The van der Waals surface area contributed by atoms with Crippen molar-refractivity contribution in [3.8, 4) is 0 Å². The second-order valence-corrected chi connectivity index (χ2v) is 7.57. The highest BCUT2D eigenvalue weighted by Crippen LogP contribution is 2.33. The molecule has 0 aromatic heterocycles. The molecule has 1 N–H and O–H groups in total. The van der Waals surface area contributed by atoms with E-state index in [2.05, 4.69) is 39.9 Å². The van der Waals surface area contributed by atoms with Gasteiger partial charge in [-0.3, -0.25) is 4.99 Å². The predicted molar refractivity (Wildman–Crippen MR) is 79.0 cm³/mol. The predicted octanol–water partition coefficient (Wildman–Crippen LogP) is 4.01. The Balaban J connectivity index is 2.08. The summed E-state index contributed by atoms with van der Waals surface area (Å²) in [6, 6.07) is 1.15. The van der Waals surface area contributed by atoms with Gasteiger partial charge in [-0.05, 0) is 24.7 Å². The summed E-state index contributed by atoms with van der Waals surface area (Å²) in [6.07, 6.45) is 6.75. The number of hydrogen-bond donors (Lipinski definition) is 1. The normalized spacial score (nSPS) is 33.4. The highest BCUT2D eigenvalue weighted by atomic mass is 15.1. The molecule has 2 rings (SSSR count). The molecule has 1 aliphatic heterocycles. The molecule has 104 valence electrons. The van der Waals surface area contributed by atoms with Gasteiger partial charge in [0.25, 0.3) is 0 Å². The summed E-state index contributed by atoms with van der Waals surface area (Å²) in [6.45, 7) is 11.5. The first-order chi connectivity index (χ1) is 8.38. The fourth-order valence-electron chi connectivity index (χ4n) is 3.27. The lowest BCUT2D eigenvalue weighted by Gasteiger charge is -2.30. The Bertz CT molecular complexity index is 312. The molecular formula is C16H30N2. The Kier molecular flexibility index (Phi) is 4.03. The molecule has 0 bridgehead atoms. The van der Waals surface area contributed by atoms with Crippen molar-refractivity contribution >= 4 is 5.84 Å². The summed E-state index contributed by atoms with van der Waals surface area (Å²) in [5.41, 5.74) is 0.175. The molecule has 1 aliphatic carbocycles. The number of hydrogen-bond acceptors (Lipinski definition) is 2. The summed E-state index contributed by atoms with van der Waals surface area (Å²) in [4.78, 5) is 4.98. The summed E-state index contributed by atoms with van der Waals surface area (Å²) in [5.74, 6) is 2.92. The van der Waals surface area contributed by atoms with Gasteiger partial charge in [-0.2, -0.15) is 0 Å². The van der Waals surface area contributed by atoms with Crippen molar-refractivity contribution in [1.82, 2.24) is 5.32 Å². The van der Waals surface area contributed by atoms with Crippen LogP contribution in [0.3, 0.4) is 0 Å². The van der Waals surface area contributed by atoms with Crippen LogP contribution in [0.5, 0.6) is 0 Å². The Labute approximate surface area is 113 Å². The highest BCUT2D eigenvalue weighted by Gasteiger charge is 2.35. The van der Waals surface area contributed by atoms with E-state index in [1.165, 1.54) is 37.9 Å². The van der Waals surface area contributed by atoms with Crippen LogP contribution in [0.15, 0.2) is 4.99 Å². The lowest BCUT2D eigenvalue weighted by Crippen LogP contribution is -2.41. The van der Waals surface area contributed by atoms with Crippen LogP contribution in [-0.4, -0.2) is 17.9 Å². The number of nitrogens with one attached hydrogen (secondary N) is 1. The molecule has 3 atom stereocenters. The average Bonchev–Trinajstić information content (AvgIpc) is 2.59. The van der Waals surface area contributed by atoms with Gasteiger partial charge in [-0.1, -0.05) is 53.9 Å². The van der Waals surface area contributed by atoms with Crippen molar-refractivity contribution in [3.05, 3.63) is 0 Å². The van der Waals surface area contributed by atoms with Crippen molar-refractivity contribution in [2.24, 2.45) is 22.2 Å². The van der Waals surface area contributed by atoms with E-state index >= 15 is 0 Å². The molecule has 0 radical (unpaired) electrons. The van der Waals surface area contributed by atoms with Crippen molar-refractivity contribution in [2.45, 2.75) is 78.8 Å². The number of nitrogens with zero attached hydrogens (tertiary/aromatic N) is 1. The summed E-state index contributed by atoms with van der Waals surface area (Å²) < 4.78 is 0. The minimum absolute atomic E-state index is 0.175. The number of rotatable bonds is 1. The highest BCUT2D eigenvalue weighted by molar-refractivity contribution is 5.89. The standard InChI is InChI=1S/C16H30N2/c1-11(2)12-8-6-7-9-13-14(10-12)18-15(17-13)16(3,4)5/h11-14H,6-10H2,1-5H3,(H,17,18). The minimum atomic E-state index is 0.175. The first-order valence-corrected chi connectivity index (χ1v) is 7.72. The second-order valence-electron chi connectivity index (χ2n) is 7.57. The third-order valence-corrected chi connectivity index (χ3v) is 4.62. The first kappa shape index (κ1) is 13.9. The molecule has 2 aliphatic rings. The van der Waals surface area contributed by atoms with E-state index in [1.807, 2.05) is 0 Å². The quantitative estimate of drug-likeness (QED) is 0.747. The van der Waals surface area contributed by atoms with E-state index < -0.39 is 0 Å². The molecule has 1 fully saturated rings. The van der Waals surface area contributed by atoms with Crippen LogP contribution in [0.2, 0.25) is 0 Å². The summed E-state index contributed by atoms with van der Waals surface area (Å²) in [5, 5.41) is 3.74. The van der Waals surface area contributed by atoms with E-state index in [0.717, 1.165) is 11.8 Å². The Morgan fingerprint density at radius 1 is 1.17 bits per heavy atom. The fraction of sp³-hybridized carbons (Fsp3) is 0.938. The zero-order valence-corrected chi connectivity index (χ0v) is 12.8. The molecule has 3 unspecified atom stereocenters. The van der Waals surface area contributed by atoms with Crippen molar-refractivity contribution in [3.63, 3.8) is 0 Å². The molecule has 2 heteroatoms. The van der Waals surface area contributed by atoms with Gasteiger partial charge in [0.2, 0.25) is 0 Å². The van der Waals surface area contributed by atoms with Crippen LogP contribution in [0.1, 0.15) is 66.7 Å². The summed E-state index contributed by atoms with van der Waals surface area (Å²) >= 11 is 0. The smallest absolute Gasteiger partial charge is 0.102 e. The van der Waals surface area contributed by atoms with Gasteiger partial charge in [0.15, 0.2) is 0 Å². The Hall–Kier alpha value is -0.530. The lowest BCUT2D eigenvalue weighted by molar-refractivity contribution is 0.260. The van der Waals surface area contributed by atoms with Gasteiger partial charge >= 0.3 is 0 Å². The topological polar surface area (TPSA) is 24.4 Å². The van der Waals surface area contributed by atoms with E-state index in [0.29, 0.717) is 12.1 Å².